The van der Waals surface area contributed by atoms with Crippen LogP contribution in [0.15, 0.2) is 0 Å². The lowest BCUT2D eigenvalue weighted by Gasteiger charge is -2.29. The van der Waals surface area contributed by atoms with Gasteiger partial charge in [-0.3, -0.25) is 4.31 Å². The Balaban J connectivity index is 2.64. The first-order chi connectivity index (χ1) is 5.94. The first-order valence-electron chi connectivity index (χ1n) is 4.29. The van der Waals surface area contributed by atoms with Crippen molar-refractivity contribution in [2.75, 3.05) is 27.2 Å². The third-order valence-electron chi connectivity index (χ3n) is 2.35. The van der Waals surface area contributed by atoms with Gasteiger partial charge in [-0.05, 0) is 12.8 Å². The van der Waals surface area contributed by atoms with Gasteiger partial charge in [0.05, 0.1) is 5.25 Å². The summed E-state index contributed by atoms with van der Waals surface area (Å²) in [7, 11) is 0.121. The lowest BCUT2D eigenvalue weighted by Crippen LogP contribution is -2.40. The maximum atomic E-state index is 11.7. The van der Waals surface area contributed by atoms with Crippen LogP contribution >= 0.6 is 12.8 Å². The monoisotopic (exact) mass is 224 g/mol. The SMILES string of the molecule is CN(C)S(=O)(=O)C1CCN(S)CC1. The van der Waals surface area contributed by atoms with Crippen molar-refractivity contribution in [3.63, 3.8) is 0 Å². The molecule has 0 bridgehead atoms. The summed E-state index contributed by atoms with van der Waals surface area (Å²) in [6.45, 7) is 1.50. The Labute approximate surface area is 85.5 Å². The molecular weight excluding hydrogens is 208 g/mol. The summed E-state index contributed by atoms with van der Waals surface area (Å²) in [6, 6.07) is 0. The lowest BCUT2D eigenvalue weighted by molar-refractivity contribution is 0.373. The standard InChI is InChI=1S/C7H16N2O2S2/c1-8(2)13(10,11)7-3-5-9(12)6-4-7/h7,12H,3-6H2,1-2H3. The van der Waals surface area contributed by atoms with Gasteiger partial charge in [0.2, 0.25) is 10.0 Å². The van der Waals surface area contributed by atoms with E-state index in [1.807, 2.05) is 4.31 Å². The van der Waals surface area contributed by atoms with E-state index in [2.05, 4.69) is 12.8 Å². The maximum absolute atomic E-state index is 11.7. The van der Waals surface area contributed by atoms with Gasteiger partial charge in [-0.25, -0.2) is 12.7 Å². The van der Waals surface area contributed by atoms with Gasteiger partial charge in [-0.2, -0.15) is 0 Å². The first-order valence-corrected chi connectivity index (χ1v) is 6.20. The second-order valence-corrected chi connectivity index (χ2v) is 6.47. The Kier molecular flexibility index (Phi) is 3.62. The number of hydrogen-bond donors (Lipinski definition) is 1. The van der Waals surface area contributed by atoms with E-state index in [0.29, 0.717) is 12.8 Å². The highest BCUT2D eigenvalue weighted by Crippen LogP contribution is 2.20. The van der Waals surface area contributed by atoms with Gasteiger partial charge < -0.3 is 0 Å². The third kappa shape index (κ3) is 2.59. The lowest BCUT2D eigenvalue weighted by atomic mass is 10.2. The molecule has 0 N–H and O–H groups in total. The fourth-order valence-corrected chi connectivity index (χ4v) is 3.07. The molecule has 1 rings (SSSR count). The van der Waals surface area contributed by atoms with E-state index in [9.17, 15) is 8.42 Å². The zero-order valence-electron chi connectivity index (χ0n) is 7.97. The quantitative estimate of drug-likeness (QED) is 0.681. The summed E-state index contributed by atoms with van der Waals surface area (Å²) in [5.74, 6) is 0. The normalized spacial score (nSPS) is 22.5. The fraction of sp³-hybridized carbons (Fsp3) is 1.00. The Hall–Kier alpha value is 0.220. The van der Waals surface area contributed by atoms with Crippen LogP contribution in [0.4, 0.5) is 0 Å². The molecule has 0 aromatic carbocycles. The predicted octanol–water partition coefficient (Wildman–Crippen LogP) is 0.187. The van der Waals surface area contributed by atoms with Crippen molar-refractivity contribution < 1.29 is 8.42 Å². The number of piperidine rings is 1. The van der Waals surface area contributed by atoms with Gasteiger partial charge in [0, 0.05) is 27.2 Å². The summed E-state index contributed by atoms with van der Waals surface area (Å²) in [4.78, 5) is 0. The summed E-state index contributed by atoms with van der Waals surface area (Å²) in [6.07, 6.45) is 1.37. The van der Waals surface area contributed by atoms with Gasteiger partial charge in [0.15, 0.2) is 0 Å². The van der Waals surface area contributed by atoms with E-state index in [4.69, 9.17) is 0 Å². The molecule has 0 spiro atoms. The predicted molar refractivity (Wildman–Crippen MR) is 56.2 cm³/mol. The molecule has 0 radical (unpaired) electrons. The van der Waals surface area contributed by atoms with E-state index >= 15 is 0 Å². The van der Waals surface area contributed by atoms with E-state index < -0.39 is 10.0 Å². The second kappa shape index (κ2) is 4.16. The van der Waals surface area contributed by atoms with Crippen LogP contribution < -0.4 is 0 Å². The van der Waals surface area contributed by atoms with Crippen molar-refractivity contribution in [1.82, 2.24) is 8.61 Å². The minimum atomic E-state index is -3.05. The minimum Gasteiger partial charge on any atom is -0.253 e. The molecule has 1 heterocycles. The Morgan fingerprint density at radius 3 is 2.15 bits per heavy atom. The molecule has 13 heavy (non-hydrogen) atoms. The van der Waals surface area contributed by atoms with Crippen LogP contribution in [0.5, 0.6) is 0 Å². The van der Waals surface area contributed by atoms with E-state index in [-0.39, 0.29) is 5.25 Å². The molecule has 1 fully saturated rings. The molecule has 0 aromatic heterocycles. The van der Waals surface area contributed by atoms with Crippen LogP contribution in [0.2, 0.25) is 0 Å². The van der Waals surface area contributed by atoms with E-state index in [1.54, 1.807) is 14.1 Å². The average molecular weight is 224 g/mol. The minimum absolute atomic E-state index is 0.217. The molecule has 0 saturated carbocycles. The van der Waals surface area contributed by atoms with Gasteiger partial charge in [0.1, 0.15) is 0 Å². The molecule has 0 aromatic rings. The van der Waals surface area contributed by atoms with Crippen LogP contribution in [0.3, 0.4) is 0 Å². The maximum Gasteiger partial charge on any atom is 0.216 e. The molecule has 1 saturated heterocycles. The molecule has 0 atom stereocenters. The Bertz CT molecular complexity index is 256. The van der Waals surface area contributed by atoms with Crippen LogP contribution in [-0.2, 0) is 10.0 Å². The molecular formula is C7H16N2O2S2. The number of thiol groups is 1. The topological polar surface area (TPSA) is 40.6 Å². The highest BCUT2D eigenvalue weighted by molar-refractivity contribution is 7.89. The van der Waals surface area contributed by atoms with Crippen molar-refractivity contribution in [3.8, 4) is 0 Å². The summed E-state index contributed by atoms with van der Waals surface area (Å²) >= 11 is 4.17. The highest BCUT2D eigenvalue weighted by Gasteiger charge is 2.30. The Morgan fingerprint density at radius 1 is 1.31 bits per heavy atom. The molecule has 1 aliphatic heterocycles. The van der Waals surface area contributed by atoms with Crippen LogP contribution in [0.1, 0.15) is 12.8 Å². The average Bonchev–Trinajstić information content (AvgIpc) is 2.04. The highest BCUT2D eigenvalue weighted by atomic mass is 32.2. The van der Waals surface area contributed by atoms with Crippen molar-refractivity contribution in [2.24, 2.45) is 0 Å². The molecule has 0 unspecified atom stereocenters. The molecule has 78 valence electrons. The molecule has 1 aliphatic rings. The van der Waals surface area contributed by atoms with Crippen molar-refractivity contribution in [1.29, 1.82) is 0 Å². The third-order valence-corrected chi connectivity index (χ3v) is 5.08. The van der Waals surface area contributed by atoms with E-state index in [1.165, 1.54) is 4.31 Å². The molecule has 0 aliphatic carbocycles. The van der Waals surface area contributed by atoms with Crippen molar-refractivity contribution in [2.45, 2.75) is 18.1 Å². The first kappa shape index (κ1) is 11.3. The largest absolute Gasteiger partial charge is 0.253 e. The number of nitrogens with zero attached hydrogens (tertiary/aromatic N) is 2. The van der Waals surface area contributed by atoms with Gasteiger partial charge in [-0.1, -0.05) is 12.8 Å². The van der Waals surface area contributed by atoms with Gasteiger partial charge in [-0.15, -0.1) is 0 Å². The number of rotatable bonds is 2. The van der Waals surface area contributed by atoms with Crippen molar-refractivity contribution in [3.05, 3.63) is 0 Å². The summed E-state index contributed by atoms with van der Waals surface area (Å²) < 4.78 is 26.5. The Morgan fingerprint density at radius 2 is 1.77 bits per heavy atom. The smallest absolute Gasteiger partial charge is 0.216 e. The summed E-state index contributed by atoms with van der Waals surface area (Å²) in [5.41, 5.74) is 0. The number of sulfonamides is 1. The van der Waals surface area contributed by atoms with Crippen molar-refractivity contribution >= 4 is 22.8 Å². The van der Waals surface area contributed by atoms with Crippen LogP contribution in [-0.4, -0.2) is 49.5 Å². The number of hydrogen-bond acceptors (Lipinski definition) is 4. The molecule has 6 heteroatoms. The second-order valence-electron chi connectivity index (χ2n) is 3.48. The summed E-state index contributed by atoms with van der Waals surface area (Å²) in [5, 5.41) is -0.217. The van der Waals surface area contributed by atoms with Gasteiger partial charge >= 0.3 is 0 Å². The zero-order chi connectivity index (χ0) is 10.1. The van der Waals surface area contributed by atoms with Crippen LogP contribution in [0, 0.1) is 0 Å². The fourth-order valence-electron chi connectivity index (χ4n) is 1.44. The molecule has 0 amide bonds. The van der Waals surface area contributed by atoms with Crippen LogP contribution in [0.25, 0.3) is 0 Å². The van der Waals surface area contributed by atoms with E-state index in [0.717, 1.165) is 13.1 Å². The van der Waals surface area contributed by atoms with Gasteiger partial charge in [0.25, 0.3) is 0 Å². The zero-order valence-corrected chi connectivity index (χ0v) is 9.68. The molecule has 4 nitrogen and oxygen atoms in total.